The summed E-state index contributed by atoms with van der Waals surface area (Å²) in [4.78, 5) is 26.0. The maximum absolute atomic E-state index is 12.5. The first-order chi connectivity index (χ1) is 10.2. The Labute approximate surface area is 130 Å². The minimum Gasteiger partial charge on any atom is -0.467 e. The molecule has 0 spiro atoms. The van der Waals surface area contributed by atoms with Crippen molar-refractivity contribution in [3.05, 3.63) is 35.9 Å². The zero-order valence-electron chi connectivity index (χ0n) is 13.6. The molecule has 2 rings (SSSR count). The van der Waals surface area contributed by atoms with Gasteiger partial charge in [-0.05, 0) is 45.4 Å². The van der Waals surface area contributed by atoms with Crippen LogP contribution in [0.5, 0.6) is 0 Å². The molecule has 1 aromatic carbocycles. The number of rotatable bonds is 1. The molecule has 0 radical (unpaired) electrons. The average Bonchev–Trinajstić information content (AvgIpc) is 2.69. The van der Waals surface area contributed by atoms with Crippen LogP contribution in [-0.4, -0.2) is 30.8 Å². The first-order valence-corrected chi connectivity index (χ1v) is 7.05. The van der Waals surface area contributed by atoms with Crippen molar-refractivity contribution < 1.29 is 19.1 Å². The van der Waals surface area contributed by atoms with Crippen LogP contribution >= 0.6 is 0 Å². The fraction of sp³-hybridized carbons (Fsp3) is 0.412. The summed E-state index contributed by atoms with van der Waals surface area (Å²) in [7, 11) is 1.29. The number of hydrogen-bond donors (Lipinski definition) is 0. The number of amides is 1. The molecule has 1 atom stereocenters. The second-order valence-corrected chi connectivity index (χ2v) is 6.32. The van der Waals surface area contributed by atoms with Gasteiger partial charge in [-0.25, -0.2) is 9.59 Å². The Kier molecular flexibility index (Phi) is 4.00. The molecule has 1 aliphatic rings. The third-order valence-electron chi connectivity index (χ3n) is 3.36. The molecular formula is C17H21NO4. The molecule has 1 unspecified atom stereocenters. The van der Waals surface area contributed by atoms with E-state index in [0.29, 0.717) is 11.3 Å². The van der Waals surface area contributed by atoms with Crippen molar-refractivity contribution in [2.45, 2.75) is 39.3 Å². The van der Waals surface area contributed by atoms with Gasteiger partial charge in [0.05, 0.1) is 12.8 Å². The van der Waals surface area contributed by atoms with Gasteiger partial charge in [-0.1, -0.05) is 18.2 Å². The van der Waals surface area contributed by atoms with E-state index in [2.05, 4.69) is 6.58 Å². The van der Waals surface area contributed by atoms with Gasteiger partial charge in [-0.3, -0.25) is 4.90 Å². The summed E-state index contributed by atoms with van der Waals surface area (Å²) in [5.41, 5.74) is 2.28. The van der Waals surface area contributed by atoms with Crippen LogP contribution in [-0.2, 0) is 14.3 Å². The van der Waals surface area contributed by atoms with Gasteiger partial charge in [0.1, 0.15) is 5.60 Å². The molecule has 0 aromatic heterocycles. The molecule has 0 bridgehead atoms. The quantitative estimate of drug-likeness (QED) is 0.747. The highest BCUT2D eigenvalue weighted by Crippen LogP contribution is 2.41. The van der Waals surface area contributed by atoms with E-state index in [-0.39, 0.29) is 0 Å². The van der Waals surface area contributed by atoms with Crippen molar-refractivity contribution in [3.8, 4) is 0 Å². The van der Waals surface area contributed by atoms with Crippen LogP contribution in [0.15, 0.2) is 24.8 Å². The van der Waals surface area contributed by atoms with E-state index in [1.54, 1.807) is 26.8 Å². The summed E-state index contributed by atoms with van der Waals surface area (Å²) in [6, 6.07) is 4.68. The molecule has 1 heterocycles. The van der Waals surface area contributed by atoms with E-state index in [4.69, 9.17) is 9.47 Å². The normalized spacial score (nSPS) is 17.2. The predicted molar refractivity (Wildman–Crippen MR) is 84.7 cm³/mol. The van der Waals surface area contributed by atoms with Gasteiger partial charge >= 0.3 is 12.1 Å². The number of methoxy groups -OCH3 is 1. The van der Waals surface area contributed by atoms with Crippen LogP contribution in [0, 0.1) is 6.92 Å². The standard InChI is InChI=1S/C17H21NO4/c1-10-7-8-13-12(9-10)11(2)14(15(19)21-6)18(13)16(20)22-17(3,4)5/h7-9,14H,2H2,1,3-6H3. The largest absolute Gasteiger partial charge is 0.467 e. The van der Waals surface area contributed by atoms with E-state index >= 15 is 0 Å². The smallest absolute Gasteiger partial charge is 0.415 e. The third kappa shape index (κ3) is 2.84. The summed E-state index contributed by atoms with van der Waals surface area (Å²) < 4.78 is 10.2. The average molecular weight is 303 g/mol. The summed E-state index contributed by atoms with van der Waals surface area (Å²) in [6.07, 6.45) is -0.591. The van der Waals surface area contributed by atoms with E-state index in [0.717, 1.165) is 11.1 Å². The molecule has 118 valence electrons. The second-order valence-electron chi connectivity index (χ2n) is 6.32. The van der Waals surface area contributed by atoms with Crippen molar-refractivity contribution in [1.29, 1.82) is 0 Å². The number of fused-ring (bicyclic) bond motifs is 1. The topological polar surface area (TPSA) is 55.8 Å². The molecule has 5 nitrogen and oxygen atoms in total. The third-order valence-corrected chi connectivity index (χ3v) is 3.36. The van der Waals surface area contributed by atoms with Crippen molar-refractivity contribution in [2.24, 2.45) is 0 Å². The first kappa shape index (κ1) is 16.1. The van der Waals surface area contributed by atoms with Gasteiger partial charge in [0.25, 0.3) is 0 Å². The fourth-order valence-corrected chi connectivity index (χ4v) is 2.43. The number of ether oxygens (including phenoxy) is 2. The Balaban J connectivity index is 2.50. The summed E-state index contributed by atoms with van der Waals surface area (Å²) in [6.45, 7) is 11.2. The second kappa shape index (κ2) is 5.48. The summed E-state index contributed by atoms with van der Waals surface area (Å²) >= 11 is 0. The van der Waals surface area contributed by atoms with Crippen LogP contribution in [0.2, 0.25) is 0 Å². The van der Waals surface area contributed by atoms with Crippen LogP contribution in [0.25, 0.3) is 5.57 Å². The van der Waals surface area contributed by atoms with Crippen molar-refractivity contribution in [2.75, 3.05) is 12.0 Å². The Bertz CT molecular complexity index is 643. The van der Waals surface area contributed by atoms with E-state index in [1.165, 1.54) is 12.0 Å². The predicted octanol–water partition coefficient (Wildman–Crippen LogP) is 3.30. The number of carbonyl (C=O) groups excluding carboxylic acids is 2. The number of anilines is 1. The molecule has 0 N–H and O–H groups in total. The lowest BCUT2D eigenvalue weighted by atomic mass is 10.0. The molecule has 0 aliphatic carbocycles. The SMILES string of the molecule is C=C1c2cc(C)ccc2N(C(=O)OC(C)(C)C)C1C(=O)OC. The Hall–Kier alpha value is -2.30. The van der Waals surface area contributed by atoms with Crippen molar-refractivity contribution in [3.63, 3.8) is 0 Å². The lowest BCUT2D eigenvalue weighted by Gasteiger charge is -2.28. The lowest BCUT2D eigenvalue weighted by molar-refractivity contribution is -0.140. The molecule has 1 amide bonds. The minimum atomic E-state index is -0.892. The van der Waals surface area contributed by atoms with Crippen LogP contribution in [0.3, 0.4) is 0 Å². The molecule has 5 heteroatoms. The lowest BCUT2D eigenvalue weighted by Crippen LogP contribution is -2.45. The Morgan fingerprint density at radius 1 is 1.27 bits per heavy atom. The zero-order chi connectivity index (χ0) is 16.7. The highest BCUT2D eigenvalue weighted by molar-refractivity contribution is 6.11. The van der Waals surface area contributed by atoms with Gasteiger partial charge in [0.15, 0.2) is 6.04 Å². The maximum Gasteiger partial charge on any atom is 0.415 e. The monoisotopic (exact) mass is 303 g/mol. The van der Waals surface area contributed by atoms with Crippen molar-refractivity contribution >= 4 is 23.3 Å². The van der Waals surface area contributed by atoms with E-state index < -0.39 is 23.7 Å². The number of aryl methyl sites for hydroxylation is 1. The minimum absolute atomic E-state index is 0.537. The van der Waals surface area contributed by atoms with E-state index in [9.17, 15) is 9.59 Å². The summed E-state index contributed by atoms with van der Waals surface area (Å²) in [5.74, 6) is -0.537. The number of hydrogen-bond acceptors (Lipinski definition) is 4. The molecule has 1 aromatic rings. The number of benzene rings is 1. The van der Waals surface area contributed by atoms with Crippen LogP contribution in [0.4, 0.5) is 10.5 Å². The number of carbonyl (C=O) groups is 2. The van der Waals surface area contributed by atoms with Gasteiger partial charge < -0.3 is 9.47 Å². The molecule has 0 saturated heterocycles. The van der Waals surface area contributed by atoms with E-state index in [1.807, 2.05) is 19.1 Å². The van der Waals surface area contributed by atoms with Gasteiger partial charge in [0, 0.05) is 5.56 Å². The number of nitrogens with zero attached hydrogens (tertiary/aromatic N) is 1. The molecule has 22 heavy (non-hydrogen) atoms. The van der Waals surface area contributed by atoms with Gasteiger partial charge in [-0.2, -0.15) is 0 Å². The maximum atomic E-state index is 12.5. The molecular weight excluding hydrogens is 282 g/mol. The van der Waals surface area contributed by atoms with Gasteiger partial charge in [-0.15, -0.1) is 0 Å². The first-order valence-electron chi connectivity index (χ1n) is 7.05. The van der Waals surface area contributed by atoms with Crippen LogP contribution < -0.4 is 4.90 Å². The highest BCUT2D eigenvalue weighted by atomic mass is 16.6. The Morgan fingerprint density at radius 2 is 1.91 bits per heavy atom. The van der Waals surface area contributed by atoms with Crippen molar-refractivity contribution in [1.82, 2.24) is 0 Å². The Morgan fingerprint density at radius 3 is 2.45 bits per heavy atom. The highest BCUT2D eigenvalue weighted by Gasteiger charge is 2.43. The molecule has 1 aliphatic heterocycles. The zero-order valence-corrected chi connectivity index (χ0v) is 13.6. The molecule has 0 saturated carbocycles. The van der Waals surface area contributed by atoms with Crippen LogP contribution in [0.1, 0.15) is 31.9 Å². The molecule has 0 fully saturated rings. The van der Waals surface area contributed by atoms with Gasteiger partial charge in [0.2, 0.25) is 0 Å². The number of esters is 1. The fourth-order valence-electron chi connectivity index (χ4n) is 2.43. The summed E-state index contributed by atoms with van der Waals surface area (Å²) in [5, 5.41) is 0.